The third kappa shape index (κ3) is 1.43. The molecule has 1 N–H and O–H groups in total. The number of allylic oxidation sites excluding steroid dienone is 2. The second-order valence-corrected chi connectivity index (χ2v) is 3.55. The second-order valence-electron chi connectivity index (χ2n) is 3.55. The number of aliphatic carboxylic acids is 1. The lowest BCUT2D eigenvalue weighted by atomic mass is 9.87. The summed E-state index contributed by atoms with van der Waals surface area (Å²) >= 11 is 0. The Morgan fingerprint density at radius 3 is 3.21 bits per heavy atom. The number of likely N-dealkylation sites (N-methyl/N-ethyl adjacent to an activating group) is 1. The number of carboxylic acid groups (broad SMARTS) is 1. The van der Waals surface area contributed by atoms with Crippen molar-refractivity contribution in [3.8, 4) is 0 Å². The molecule has 4 nitrogen and oxygen atoms in total. The van der Waals surface area contributed by atoms with Gasteiger partial charge in [-0.3, -0.25) is 9.80 Å². The van der Waals surface area contributed by atoms with Gasteiger partial charge in [0.25, 0.3) is 0 Å². The zero-order chi connectivity index (χ0) is 10.1. The Balaban J connectivity index is 2.19. The molecule has 2 rings (SSSR count). The Bertz CT molecular complexity index is 344. The van der Waals surface area contributed by atoms with Gasteiger partial charge in [-0.05, 0) is 5.57 Å². The molecule has 0 saturated heterocycles. The number of hydrogen-bond donors (Lipinski definition) is 1. The summed E-state index contributed by atoms with van der Waals surface area (Å²) in [7, 11) is 1.90. The van der Waals surface area contributed by atoms with Gasteiger partial charge in [-0.2, -0.15) is 5.10 Å². The Hall–Kier alpha value is -1.58. The molecular formula is C10H12N2O2. The molecule has 1 heterocycles. The van der Waals surface area contributed by atoms with Gasteiger partial charge < -0.3 is 5.11 Å². The van der Waals surface area contributed by atoms with Crippen LogP contribution >= 0.6 is 0 Å². The molecule has 0 saturated carbocycles. The van der Waals surface area contributed by atoms with Gasteiger partial charge in [-0.25, -0.2) is 0 Å². The topological polar surface area (TPSA) is 52.9 Å². The maximum absolute atomic E-state index is 10.6. The predicted molar refractivity (Wildman–Crippen MR) is 53.0 cm³/mol. The van der Waals surface area contributed by atoms with Crippen molar-refractivity contribution in [3.63, 3.8) is 0 Å². The van der Waals surface area contributed by atoms with E-state index in [0.717, 1.165) is 5.57 Å². The molecule has 0 fully saturated rings. The SMILES string of the molecule is CN1N=CC2C(CC(=O)O)=CC=CC21. The van der Waals surface area contributed by atoms with Crippen LogP contribution in [-0.2, 0) is 4.79 Å². The smallest absolute Gasteiger partial charge is 0.307 e. The first-order valence-electron chi connectivity index (χ1n) is 4.54. The van der Waals surface area contributed by atoms with Crippen LogP contribution in [0.3, 0.4) is 0 Å². The summed E-state index contributed by atoms with van der Waals surface area (Å²) in [5, 5.41) is 14.7. The zero-order valence-corrected chi connectivity index (χ0v) is 7.92. The maximum atomic E-state index is 10.6. The van der Waals surface area contributed by atoms with E-state index in [0.29, 0.717) is 0 Å². The van der Waals surface area contributed by atoms with Crippen molar-refractivity contribution < 1.29 is 9.90 Å². The first-order chi connectivity index (χ1) is 6.68. The molecule has 2 unspecified atom stereocenters. The van der Waals surface area contributed by atoms with Crippen molar-refractivity contribution in [1.82, 2.24) is 5.01 Å². The van der Waals surface area contributed by atoms with E-state index in [9.17, 15) is 4.79 Å². The molecule has 4 heteroatoms. The van der Waals surface area contributed by atoms with E-state index < -0.39 is 5.97 Å². The lowest BCUT2D eigenvalue weighted by Gasteiger charge is -2.25. The van der Waals surface area contributed by atoms with Crippen LogP contribution in [0.1, 0.15) is 6.42 Å². The highest BCUT2D eigenvalue weighted by molar-refractivity contribution is 5.76. The lowest BCUT2D eigenvalue weighted by molar-refractivity contribution is -0.136. The van der Waals surface area contributed by atoms with Gasteiger partial charge in [0.2, 0.25) is 0 Å². The molecule has 1 aliphatic heterocycles. The van der Waals surface area contributed by atoms with Crippen LogP contribution in [0.2, 0.25) is 0 Å². The van der Waals surface area contributed by atoms with Crippen LogP contribution in [0.15, 0.2) is 28.9 Å². The first-order valence-corrected chi connectivity index (χ1v) is 4.54. The molecule has 74 valence electrons. The largest absolute Gasteiger partial charge is 0.481 e. The van der Waals surface area contributed by atoms with Crippen molar-refractivity contribution >= 4 is 12.2 Å². The average Bonchev–Trinajstić information content (AvgIpc) is 2.49. The van der Waals surface area contributed by atoms with E-state index in [-0.39, 0.29) is 18.4 Å². The zero-order valence-electron chi connectivity index (χ0n) is 7.92. The quantitative estimate of drug-likeness (QED) is 0.706. The Morgan fingerprint density at radius 1 is 1.71 bits per heavy atom. The number of nitrogens with zero attached hydrogens (tertiary/aromatic N) is 2. The summed E-state index contributed by atoms with van der Waals surface area (Å²) in [6.07, 6.45) is 7.75. The fourth-order valence-corrected chi connectivity index (χ4v) is 1.89. The highest BCUT2D eigenvalue weighted by atomic mass is 16.4. The molecule has 0 amide bonds. The van der Waals surface area contributed by atoms with Crippen LogP contribution in [0.25, 0.3) is 0 Å². The van der Waals surface area contributed by atoms with E-state index in [4.69, 9.17) is 5.11 Å². The van der Waals surface area contributed by atoms with Crippen molar-refractivity contribution in [3.05, 3.63) is 23.8 Å². The lowest BCUT2D eigenvalue weighted by Crippen LogP contribution is -2.30. The van der Waals surface area contributed by atoms with Gasteiger partial charge in [-0.1, -0.05) is 18.2 Å². The molecule has 2 atom stereocenters. The van der Waals surface area contributed by atoms with E-state index >= 15 is 0 Å². The van der Waals surface area contributed by atoms with E-state index in [1.165, 1.54) is 0 Å². The third-order valence-corrected chi connectivity index (χ3v) is 2.61. The summed E-state index contributed by atoms with van der Waals surface area (Å²) in [6.45, 7) is 0. The van der Waals surface area contributed by atoms with Gasteiger partial charge in [-0.15, -0.1) is 0 Å². The summed E-state index contributed by atoms with van der Waals surface area (Å²) in [6, 6.07) is 0.203. The van der Waals surface area contributed by atoms with E-state index in [1.807, 2.05) is 36.5 Å². The third-order valence-electron chi connectivity index (χ3n) is 2.61. The molecule has 0 radical (unpaired) electrons. The van der Waals surface area contributed by atoms with Gasteiger partial charge in [0, 0.05) is 19.2 Å². The van der Waals surface area contributed by atoms with Crippen LogP contribution in [0, 0.1) is 5.92 Å². The Kier molecular flexibility index (Phi) is 2.11. The summed E-state index contributed by atoms with van der Waals surface area (Å²) in [5.41, 5.74) is 0.929. The monoisotopic (exact) mass is 192 g/mol. The van der Waals surface area contributed by atoms with Crippen molar-refractivity contribution in [2.24, 2.45) is 11.0 Å². The van der Waals surface area contributed by atoms with Gasteiger partial charge in [0.1, 0.15) is 0 Å². The molecule has 0 aromatic rings. The molecule has 1 aliphatic carbocycles. The number of rotatable bonds is 2. The summed E-state index contributed by atoms with van der Waals surface area (Å²) in [4.78, 5) is 10.6. The normalized spacial score (nSPS) is 28.9. The van der Waals surface area contributed by atoms with Crippen LogP contribution < -0.4 is 0 Å². The minimum Gasteiger partial charge on any atom is -0.481 e. The van der Waals surface area contributed by atoms with E-state index in [2.05, 4.69) is 5.10 Å². The van der Waals surface area contributed by atoms with Crippen LogP contribution in [-0.4, -0.2) is 35.4 Å². The summed E-state index contributed by atoms with van der Waals surface area (Å²) in [5.74, 6) is -0.644. The fraction of sp³-hybridized carbons (Fsp3) is 0.400. The molecule has 0 aromatic carbocycles. The van der Waals surface area contributed by atoms with E-state index in [1.54, 1.807) is 0 Å². The number of carboxylic acids is 1. The Labute approximate surface area is 82.2 Å². The van der Waals surface area contributed by atoms with Gasteiger partial charge >= 0.3 is 5.97 Å². The Morgan fingerprint density at radius 2 is 2.50 bits per heavy atom. The molecular weight excluding hydrogens is 180 g/mol. The van der Waals surface area contributed by atoms with Crippen LogP contribution in [0.5, 0.6) is 0 Å². The molecule has 0 bridgehead atoms. The first kappa shape index (κ1) is 8.99. The maximum Gasteiger partial charge on any atom is 0.307 e. The second kappa shape index (κ2) is 3.29. The van der Waals surface area contributed by atoms with Crippen LogP contribution in [0.4, 0.5) is 0 Å². The average molecular weight is 192 g/mol. The fourth-order valence-electron chi connectivity index (χ4n) is 1.89. The number of fused-ring (bicyclic) bond motifs is 1. The molecule has 0 aromatic heterocycles. The molecule has 0 spiro atoms. The number of hydrogen-bond acceptors (Lipinski definition) is 3. The minimum atomic E-state index is -0.784. The van der Waals surface area contributed by atoms with Gasteiger partial charge in [0.15, 0.2) is 0 Å². The standard InChI is InChI=1S/C10H12N2O2/c1-12-9-4-2-3-7(5-10(13)14)8(9)6-11-12/h2-4,6,8-9H,5H2,1H3,(H,13,14). The van der Waals surface area contributed by atoms with Crippen molar-refractivity contribution in [2.75, 3.05) is 7.05 Å². The van der Waals surface area contributed by atoms with Gasteiger partial charge in [0.05, 0.1) is 12.5 Å². The molecule has 14 heavy (non-hydrogen) atoms. The highest BCUT2D eigenvalue weighted by Gasteiger charge is 2.31. The number of hydrazone groups is 1. The predicted octanol–water partition coefficient (Wildman–Crippen LogP) is 0.873. The molecule has 2 aliphatic rings. The minimum absolute atomic E-state index is 0.103. The summed E-state index contributed by atoms with van der Waals surface area (Å²) < 4.78 is 0. The highest BCUT2D eigenvalue weighted by Crippen LogP contribution is 2.29. The van der Waals surface area contributed by atoms with Crippen molar-refractivity contribution in [2.45, 2.75) is 12.5 Å². The number of carbonyl (C=O) groups is 1. The van der Waals surface area contributed by atoms with Crippen molar-refractivity contribution in [1.29, 1.82) is 0 Å².